The molecule has 0 radical (unpaired) electrons. The molecule has 0 heterocycles. The standard InChI is InChI=1S/C24H24F2N2O2/c25-19-11-5-17(6-12-19)9-15-23(29)27-21-3-1-2-4-22(21)28-24(30)16-10-18-7-13-20(26)14-8-18/h5-16,21-22H,1-4H2,(H,27,29)(H,28,30)/b15-9+,16-10+/t21-,22-/m1/s1. The Morgan fingerprint density at radius 2 is 1.07 bits per heavy atom. The van der Waals surface area contributed by atoms with Gasteiger partial charge in [0.1, 0.15) is 11.6 Å². The summed E-state index contributed by atoms with van der Waals surface area (Å²) in [7, 11) is 0. The van der Waals surface area contributed by atoms with E-state index in [4.69, 9.17) is 0 Å². The monoisotopic (exact) mass is 410 g/mol. The smallest absolute Gasteiger partial charge is 0.244 e. The van der Waals surface area contributed by atoms with E-state index >= 15 is 0 Å². The first-order chi connectivity index (χ1) is 14.5. The fourth-order valence-corrected chi connectivity index (χ4v) is 3.43. The molecule has 156 valence electrons. The van der Waals surface area contributed by atoms with Gasteiger partial charge in [0.05, 0.1) is 0 Å². The second-order valence-electron chi connectivity index (χ2n) is 7.28. The van der Waals surface area contributed by atoms with Crippen LogP contribution in [0.15, 0.2) is 60.7 Å². The van der Waals surface area contributed by atoms with Gasteiger partial charge in [-0.05, 0) is 60.4 Å². The Bertz CT molecular complexity index is 844. The molecule has 30 heavy (non-hydrogen) atoms. The first-order valence-electron chi connectivity index (χ1n) is 9.98. The van der Waals surface area contributed by atoms with Gasteiger partial charge in [-0.15, -0.1) is 0 Å². The van der Waals surface area contributed by atoms with Gasteiger partial charge in [-0.25, -0.2) is 8.78 Å². The lowest BCUT2D eigenvalue weighted by Crippen LogP contribution is -2.52. The van der Waals surface area contributed by atoms with Crippen molar-refractivity contribution in [2.45, 2.75) is 37.8 Å². The zero-order valence-electron chi connectivity index (χ0n) is 16.5. The number of carbonyl (C=O) groups is 2. The summed E-state index contributed by atoms with van der Waals surface area (Å²) in [6.45, 7) is 0. The summed E-state index contributed by atoms with van der Waals surface area (Å²) in [6, 6.07) is 11.4. The molecule has 0 bridgehead atoms. The van der Waals surface area contributed by atoms with Crippen molar-refractivity contribution < 1.29 is 18.4 Å². The normalized spacial score (nSPS) is 19.1. The first kappa shape index (κ1) is 21.4. The van der Waals surface area contributed by atoms with Crippen LogP contribution in [0, 0.1) is 11.6 Å². The number of rotatable bonds is 6. The quantitative estimate of drug-likeness (QED) is 0.700. The Labute approximate surface area is 174 Å². The zero-order valence-corrected chi connectivity index (χ0v) is 16.5. The Kier molecular flexibility index (Phi) is 7.49. The highest BCUT2D eigenvalue weighted by Gasteiger charge is 2.26. The molecule has 2 aromatic rings. The summed E-state index contributed by atoms with van der Waals surface area (Å²) in [4.78, 5) is 24.6. The maximum Gasteiger partial charge on any atom is 0.244 e. The van der Waals surface area contributed by atoms with E-state index in [-0.39, 0.29) is 35.5 Å². The number of benzene rings is 2. The van der Waals surface area contributed by atoms with Crippen LogP contribution in [-0.4, -0.2) is 23.9 Å². The highest BCUT2D eigenvalue weighted by atomic mass is 19.1. The van der Waals surface area contributed by atoms with Crippen LogP contribution in [0.5, 0.6) is 0 Å². The van der Waals surface area contributed by atoms with Crippen LogP contribution < -0.4 is 10.6 Å². The van der Waals surface area contributed by atoms with Crippen molar-refractivity contribution in [1.82, 2.24) is 10.6 Å². The van der Waals surface area contributed by atoms with Gasteiger partial charge in [-0.1, -0.05) is 37.1 Å². The molecule has 4 nitrogen and oxygen atoms in total. The van der Waals surface area contributed by atoms with Gasteiger partial charge in [0.2, 0.25) is 11.8 Å². The SMILES string of the molecule is O=C(/C=C/c1ccc(F)cc1)N[C@@H]1CCCC[C@H]1NC(=O)/C=C/c1ccc(F)cc1. The molecule has 0 spiro atoms. The van der Waals surface area contributed by atoms with Crippen molar-refractivity contribution >= 4 is 24.0 Å². The number of amides is 2. The predicted octanol–water partition coefficient (Wildman–Crippen LogP) is 4.24. The molecule has 1 aliphatic carbocycles. The Hall–Kier alpha value is -3.28. The molecule has 0 unspecified atom stereocenters. The van der Waals surface area contributed by atoms with Gasteiger partial charge >= 0.3 is 0 Å². The lowest BCUT2D eigenvalue weighted by molar-refractivity contribution is -0.120. The molecule has 2 N–H and O–H groups in total. The summed E-state index contributed by atoms with van der Waals surface area (Å²) < 4.78 is 25.9. The molecule has 0 aliphatic heterocycles. The first-order valence-corrected chi connectivity index (χ1v) is 9.98. The Morgan fingerprint density at radius 3 is 1.43 bits per heavy atom. The fraction of sp³-hybridized carbons (Fsp3) is 0.250. The van der Waals surface area contributed by atoms with Gasteiger partial charge < -0.3 is 10.6 Å². The maximum absolute atomic E-state index is 13.0. The summed E-state index contributed by atoms with van der Waals surface area (Å²) >= 11 is 0. The van der Waals surface area contributed by atoms with Crippen LogP contribution in [0.2, 0.25) is 0 Å². The second kappa shape index (κ2) is 10.5. The average Bonchev–Trinajstić information content (AvgIpc) is 2.74. The van der Waals surface area contributed by atoms with Crippen LogP contribution in [0.4, 0.5) is 8.78 Å². The number of hydrogen-bond donors (Lipinski definition) is 2. The number of halogens is 2. The minimum atomic E-state index is -0.328. The summed E-state index contributed by atoms with van der Waals surface area (Å²) in [5.74, 6) is -1.17. The maximum atomic E-state index is 13.0. The Morgan fingerprint density at radius 1 is 0.700 bits per heavy atom. The second-order valence-corrected chi connectivity index (χ2v) is 7.28. The molecule has 2 amide bonds. The van der Waals surface area contributed by atoms with Crippen molar-refractivity contribution in [2.75, 3.05) is 0 Å². The highest BCUT2D eigenvalue weighted by molar-refractivity contribution is 5.93. The lowest BCUT2D eigenvalue weighted by atomic mass is 9.90. The van der Waals surface area contributed by atoms with E-state index in [0.717, 1.165) is 36.8 Å². The van der Waals surface area contributed by atoms with Crippen LogP contribution in [0.25, 0.3) is 12.2 Å². The minimum Gasteiger partial charge on any atom is -0.348 e. The summed E-state index contributed by atoms with van der Waals surface area (Å²) in [6.07, 6.45) is 9.58. The summed E-state index contributed by atoms with van der Waals surface area (Å²) in [5.41, 5.74) is 1.46. The van der Waals surface area contributed by atoms with Gasteiger partial charge in [-0.3, -0.25) is 9.59 Å². The van der Waals surface area contributed by atoms with E-state index in [1.807, 2.05) is 0 Å². The van der Waals surface area contributed by atoms with Crippen LogP contribution in [0.3, 0.4) is 0 Å². The van der Waals surface area contributed by atoms with Crippen molar-refractivity contribution in [3.8, 4) is 0 Å². The van der Waals surface area contributed by atoms with E-state index in [2.05, 4.69) is 10.6 Å². The number of carbonyl (C=O) groups excluding carboxylic acids is 2. The molecule has 0 aromatic heterocycles. The van der Waals surface area contributed by atoms with E-state index in [1.165, 1.54) is 36.4 Å². The van der Waals surface area contributed by atoms with E-state index in [0.29, 0.717) is 0 Å². The zero-order chi connectivity index (χ0) is 21.3. The number of nitrogens with one attached hydrogen (secondary N) is 2. The Balaban J connectivity index is 1.54. The molecular weight excluding hydrogens is 386 g/mol. The van der Waals surface area contributed by atoms with Crippen molar-refractivity contribution in [2.24, 2.45) is 0 Å². The summed E-state index contributed by atoms with van der Waals surface area (Å²) in [5, 5.41) is 5.91. The molecule has 1 aliphatic rings. The third-order valence-electron chi connectivity index (χ3n) is 5.02. The minimum absolute atomic E-state index is 0.160. The van der Waals surface area contributed by atoms with Crippen LogP contribution >= 0.6 is 0 Å². The highest BCUT2D eigenvalue weighted by Crippen LogP contribution is 2.19. The van der Waals surface area contributed by atoms with E-state index in [1.54, 1.807) is 36.4 Å². The molecule has 2 atom stereocenters. The van der Waals surface area contributed by atoms with E-state index in [9.17, 15) is 18.4 Å². The van der Waals surface area contributed by atoms with E-state index < -0.39 is 0 Å². The lowest BCUT2D eigenvalue weighted by Gasteiger charge is -2.32. The molecular formula is C24H24F2N2O2. The number of hydrogen-bond acceptors (Lipinski definition) is 2. The third kappa shape index (κ3) is 6.65. The van der Waals surface area contributed by atoms with Gasteiger partial charge in [0.15, 0.2) is 0 Å². The molecule has 6 heteroatoms. The third-order valence-corrected chi connectivity index (χ3v) is 5.02. The average molecular weight is 410 g/mol. The molecule has 1 saturated carbocycles. The van der Waals surface area contributed by atoms with Gasteiger partial charge in [0.25, 0.3) is 0 Å². The topological polar surface area (TPSA) is 58.2 Å². The van der Waals surface area contributed by atoms with Crippen LogP contribution in [-0.2, 0) is 9.59 Å². The van der Waals surface area contributed by atoms with Crippen LogP contribution in [0.1, 0.15) is 36.8 Å². The largest absolute Gasteiger partial charge is 0.348 e. The van der Waals surface area contributed by atoms with Crippen molar-refractivity contribution in [3.63, 3.8) is 0 Å². The molecule has 0 saturated heterocycles. The molecule has 3 rings (SSSR count). The van der Waals surface area contributed by atoms with Gasteiger partial charge in [-0.2, -0.15) is 0 Å². The van der Waals surface area contributed by atoms with Crippen molar-refractivity contribution in [1.29, 1.82) is 0 Å². The van der Waals surface area contributed by atoms with Gasteiger partial charge in [0, 0.05) is 24.2 Å². The molecule has 2 aromatic carbocycles. The molecule has 1 fully saturated rings. The fourth-order valence-electron chi connectivity index (χ4n) is 3.43. The predicted molar refractivity (Wildman–Crippen MR) is 113 cm³/mol. The van der Waals surface area contributed by atoms with Crippen molar-refractivity contribution in [3.05, 3.63) is 83.4 Å².